The van der Waals surface area contributed by atoms with Crippen LogP contribution in [0.3, 0.4) is 0 Å². The molecule has 0 unspecified atom stereocenters. The predicted octanol–water partition coefficient (Wildman–Crippen LogP) is 2.81. The number of amides is 1. The lowest BCUT2D eigenvalue weighted by Crippen LogP contribution is -2.78. The van der Waals surface area contributed by atoms with Crippen LogP contribution in [0, 0.1) is 5.82 Å². The monoisotopic (exact) mass is 478 g/mol. The van der Waals surface area contributed by atoms with Crippen molar-refractivity contribution in [3.63, 3.8) is 0 Å². The van der Waals surface area contributed by atoms with Crippen LogP contribution in [-0.2, 0) is 21.2 Å². The number of hydrogen-bond acceptors (Lipinski definition) is 4. The Morgan fingerprint density at radius 2 is 1.82 bits per heavy atom. The molecule has 5 rings (SSSR count). The van der Waals surface area contributed by atoms with Crippen molar-refractivity contribution in [1.82, 2.24) is 9.62 Å². The van der Waals surface area contributed by atoms with E-state index in [-0.39, 0.29) is 24.8 Å². The maximum absolute atomic E-state index is 15.6. The summed E-state index contributed by atoms with van der Waals surface area (Å²) in [5, 5.41) is 10.4. The average Bonchev–Trinajstić information content (AvgIpc) is 2.69. The summed E-state index contributed by atoms with van der Waals surface area (Å²) in [6.45, 7) is 2.66. The minimum absolute atomic E-state index is 0.0367. The van der Waals surface area contributed by atoms with Crippen LogP contribution in [0.4, 0.5) is 8.78 Å². The molecular formula is C24H28F2N2O4S. The number of carbonyl (C=O) groups excluding carboxylic acids is 1. The molecule has 2 aliphatic heterocycles. The summed E-state index contributed by atoms with van der Waals surface area (Å²) in [5.41, 5.74) is -2.33. The second-order valence-electron chi connectivity index (χ2n) is 9.65. The Morgan fingerprint density at radius 1 is 1.18 bits per heavy atom. The lowest BCUT2D eigenvalue weighted by atomic mass is 9.64. The number of sulfonamides is 1. The van der Waals surface area contributed by atoms with Crippen LogP contribution in [-0.4, -0.2) is 60.0 Å². The average molecular weight is 479 g/mol. The summed E-state index contributed by atoms with van der Waals surface area (Å²) in [5.74, 6) is -1.15. The summed E-state index contributed by atoms with van der Waals surface area (Å²) >= 11 is 0. The molecule has 178 valence electrons. The van der Waals surface area contributed by atoms with Crippen LogP contribution in [0.15, 0.2) is 48.5 Å². The van der Waals surface area contributed by atoms with Crippen molar-refractivity contribution in [2.75, 3.05) is 6.26 Å². The summed E-state index contributed by atoms with van der Waals surface area (Å²) in [6, 6.07) is 11.1. The molecule has 2 atom stereocenters. The molecule has 2 aromatic rings. The summed E-state index contributed by atoms with van der Waals surface area (Å²) in [4.78, 5) is 14.5. The molecule has 6 nitrogen and oxygen atoms in total. The van der Waals surface area contributed by atoms with E-state index in [0.717, 1.165) is 6.26 Å². The van der Waals surface area contributed by atoms with Gasteiger partial charge < -0.3 is 10.0 Å². The zero-order valence-corrected chi connectivity index (χ0v) is 19.6. The molecule has 0 spiro atoms. The number of fused-ring (bicyclic) bond motifs is 2. The van der Waals surface area contributed by atoms with Gasteiger partial charge in [-0.3, -0.25) is 4.79 Å². The maximum Gasteiger partial charge on any atom is 0.254 e. The third-order valence-corrected chi connectivity index (χ3v) is 7.22. The topological polar surface area (TPSA) is 86.7 Å². The number of rotatable bonds is 6. The number of nitrogens with one attached hydrogen (secondary N) is 1. The van der Waals surface area contributed by atoms with Crippen LogP contribution in [0.2, 0.25) is 0 Å². The van der Waals surface area contributed by atoms with E-state index in [0.29, 0.717) is 11.1 Å². The molecule has 2 heterocycles. The Balaban J connectivity index is 1.77. The first-order chi connectivity index (χ1) is 15.3. The minimum Gasteiger partial charge on any atom is -0.381 e. The molecule has 9 heteroatoms. The van der Waals surface area contributed by atoms with E-state index in [1.54, 1.807) is 42.5 Å². The molecule has 2 bridgehead atoms. The lowest BCUT2D eigenvalue weighted by molar-refractivity contribution is -0.181. The third-order valence-electron chi connectivity index (χ3n) is 6.53. The van der Waals surface area contributed by atoms with E-state index in [1.807, 2.05) is 6.07 Å². The Kier molecular flexibility index (Phi) is 5.87. The molecule has 1 saturated carbocycles. The van der Waals surface area contributed by atoms with Gasteiger partial charge in [-0.25, -0.2) is 21.9 Å². The van der Waals surface area contributed by atoms with Gasteiger partial charge in [0, 0.05) is 24.4 Å². The summed E-state index contributed by atoms with van der Waals surface area (Å²) < 4.78 is 57.7. The first-order valence-electron chi connectivity index (χ1n) is 10.8. The van der Waals surface area contributed by atoms with Crippen LogP contribution in [0.5, 0.6) is 0 Å². The van der Waals surface area contributed by atoms with Gasteiger partial charge in [0.1, 0.15) is 17.1 Å². The minimum atomic E-state index is -3.83. The normalized spacial score (nSPS) is 27.2. The van der Waals surface area contributed by atoms with Gasteiger partial charge in [0.2, 0.25) is 10.0 Å². The largest absolute Gasteiger partial charge is 0.381 e. The number of hydrogen-bond donors (Lipinski definition) is 2. The van der Waals surface area contributed by atoms with Gasteiger partial charge in [0.05, 0.1) is 18.3 Å². The second-order valence-corrected chi connectivity index (χ2v) is 11.4. The molecule has 2 saturated heterocycles. The molecule has 33 heavy (non-hydrogen) atoms. The molecule has 1 amide bonds. The van der Waals surface area contributed by atoms with E-state index in [9.17, 15) is 18.3 Å². The summed E-state index contributed by atoms with van der Waals surface area (Å²) in [6.07, 6.45) is 0.747. The number of aliphatic hydroxyl groups is 1. The van der Waals surface area contributed by atoms with Crippen molar-refractivity contribution in [3.8, 4) is 11.1 Å². The molecule has 0 radical (unpaired) electrons. The van der Waals surface area contributed by atoms with Gasteiger partial charge >= 0.3 is 0 Å². The molecule has 3 aliphatic rings. The van der Waals surface area contributed by atoms with E-state index in [1.165, 1.54) is 18.7 Å². The Labute approximate surface area is 192 Å². The van der Waals surface area contributed by atoms with E-state index in [4.69, 9.17) is 0 Å². The van der Waals surface area contributed by atoms with Crippen molar-refractivity contribution < 1.29 is 27.1 Å². The van der Waals surface area contributed by atoms with Crippen LogP contribution in [0.1, 0.15) is 32.3 Å². The quantitative estimate of drug-likeness (QED) is 0.669. The molecule has 2 N–H and O–H groups in total. The fraction of sp³-hybridized carbons (Fsp3) is 0.458. The number of benzene rings is 2. The van der Waals surface area contributed by atoms with Gasteiger partial charge in [-0.15, -0.1) is 0 Å². The van der Waals surface area contributed by atoms with Gasteiger partial charge in [-0.1, -0.05) is 48.5 Å². The van der Waals surface area contributed by atoms with E-state index < -0.39 is 51.1 Å². The van der Waals surface area contributed by atoms with Crippen LogP contribution >= 0.6 is 0 Å². The highest BCUT2D eigenvalue weighted by Gasteiger charge is 2.64. The first-order valence-corrected chi connectivity index (χ1v) is 12.7. The highest BCUT2D eigenvalue weighted by Crippen LogP contribution is 2.50. The highest BCUT2D eigenvalue weighted by molar-refractivity contribution is 7.88. The Morgan fingerprint density at radius 3 is 2.39 bits per heavy atom. The van der Waals surface area contributed by atoms with Crippen molar-refractivity contribution in [2.45, 2.75) is 62.5 Å². The zero-order valence-electron chi connectivity index (χ0n) is 18.8. The van der Waals surface area contributed by atoms with Gasteiger partial charge in [-0.2, -0.15) is 0 Å². The maximum atomic E-state index is 15.6. The molecular weight excluding hydrogens is 450 g/mol. The smallest absolute Gasteiger partial charge is 0.254 e. The number of carbonyl (C=O) groups is 1. The number of alkyl halides is 1. The summed E-state index contributed by atoms with van der Waals surface area (Å²) in [7, 11) is -3.83. The van der Waals surface area contributed by atoms with Crippen molar-refractivity contribution in [1.29, 1.82) is 0 Å². The first kappa shape index (κ1) is 23.8. The van der Waals surface area contributed by atoms with Crippen molar-refractivity contribution in [3.05, 3.63) is 59.9 Å². The molecule has 1 aliphatic carbocycles. The van der Waals surface area contributed by atoms with E-state index in [2.05, 4.69) is 4.72 Å². The third kappa shape index (κ3) is 4.54. The number of nitrogens with zero attached hydrogens (tertiary/aromatic N) is 1. The number of halogens is 2. The standard InChI is InChI=1S/C24H28F2N2O4S/c1-23(2,30)22(29)28-17-13-24(26,14-17)21(27-33(3,31)32)19(28)12-16-10-7-11-18(20(16)25)15-8-5-4-6-9-15/h4-11,17,19,21,27,30H,12-14H2,1-3H3/t17?,19-,21+,24?/m0/s1. The highest BCUT2D eigenvalue weighted by atomic mass is 32.2. The number of piperidine rings is 2. The predicted molar refractivity (Wildman–Crippen MR) is 121 cm³/mol. The zero-order chi connectivity index (χ0) is 24.2. The van der Waals surface area contributed by atoms with Gasteiger partial charge in [0.15, 0.2) is 0 Å². The Hall–Kier alpha value is -2.36. The van der Waals surface area contributed by atoms with Crippen LogP contribution in [0.25, 0.3) is 11.1 Å². The fourth-order valence-corrected chi connectivity index (χ4v) is 5.85. The molecule has 3 fully saturated rings. The van der Waals surface area contributed by atoms with Crippen molar-refractivity contribution >= 4 is 15.9 Å². The fourth-order valence-electron chi connectivity index (χ4n) is 5.02. The lowest BCUT2D eigenvalue weighted by Gasteiger charge is -2.61. The van der Waals surface area contributed by atoms with Gasteiger partial charge in [0.25, 0.3) is 5.91 Å². The van der Waals surface area contributed by atoms with Gasteiger partial charge in [-0.05, 0) is 31.4 Å². The van der Waals surface area contributed by atoms with E-state index >= 15 is 8.78 Å². The molecule has 0 aromatic heterocycles. The SMILES string of the molecule is CC(C)(O)C(=O)N1C2CC(F)(C2)[C@H](NS(C)(=O)=O)[C@@H]1Cc1cccc(-c2ccccc2)c1F. The Bertz CT molecular complexity index is 1160. The van der Waals surface area contributed by atoms with Crippen LogP contribution < -0.4 is 4.72 Å². The second kappa shape index (κ2) is 8.14. The molecule has 2 aromatic carbocycles. The van der Waals surface area contributed by atoms with Crippen molar-refractivity contribution in [2.24, 2.45) is 0 Å².